The van der Waals surface area contributed by atoms with E-state index in [1.165, 1.54) is 12.3 Å². The minimum Gasteiger partial charge on any atom is -0.464 e. The Kier molecular flexibility index (Phi) is 5.11. The lowest BCUT2D eigenvalue weighted by molar-refractivity contribution is -0.123. The Labute approximate surface area is 139 Å². The maximum Gasteiger partial charge on any atom is 0.328 e. The van der Waals surface area contributed by atoms with Gasteiger partial charge < -0.3 is 9.73 Å². The highest BCUT2D eigenvalue weighted by Gasteiger charge is 2.30. The monoisotopic (exact) mass is 333 g/mol. The van der Waals surface area contributed by atoms with E-state index in [0.717, 1.165) is 16.7 Å². The van der Waals surface area contributed by atoms with Gasteiger partial charge in [0.1, 0.15) is 18.1 Å². The summed E-state index contributed by atoms with van der Waals surface area (Å²) < 4.78 is 6.93. The number of H-pyrrole nitrogens is 1. The van der Waals surface area contributed by atoms with E-state index in [0.29, 0.717) is 5.76 Å². The standard InChI is InChI=1S/C17H23N3O4/c1-5-11-6-7-12(24-11)15(17(2,3)4)18-14(22)10-20-9-8-13(21)19-16(20)23/h6-9,15H,5,10H2,1-4H3,(H,18,22)(H,19,21,23)/t15-/m0/s1. The highest BCUT2D eigenvalue weighted by atomic mass is 16.3. The van der Waals surface area contributed by atoms with Gasteiger partial charge in [0.2, 0.25) is 5.91 Å². The summed E-state index contributed by atoms with van der Waals surface area (Å²) >= 11 is 0. The van der Waals surface area contributed by atoms with E-state index in [9.17, 15) is 14.4 Å². The van der Waals surface area contributed by atoms with Crippen LogP contribution >= 0.6 is 0 Å². The molecule has 130 valence electrons. The molecule has 0 unspecified atom stereocenters. The van der Waals surface area contributed by atoms with Crippen molar-refractivity contribution in [2.24, 2.45) is 5.41 Å². The Hall–Kier alpha value is -2.57. The van der Waals surface area contributed by atoms with Crippen LogP contribution in [-0.2, 0) is 17.8 Å². The lowest BCUT2D eigenvalue weighted by Gasteiger charge is -2.30. The van der Waals surface area contributed by atoms with Crippen LogP contribution in [0.25, 0.3) is 0 Å². The molecule has 7 nitrogen and oxygen atoms in total. The molecule has 0 aliphatic heterocycles. The van der Waals surface area contributed by atoms with Crippen molar-refractivity contribution in [1.82, 2.24) is 14.9 Å². The smallest absolute Gasteiger partial charge is 0.328 e. The van der Waals surface area contributed by atoms with Gasteiger partial charge in [0.25, 0.3) is 5.56 Å². The fourth-order valence-electron chi connectivity index (χ4n) is 2.38. The Morgan fingerprint density at radius 1 is 1.29 bits per heavy atom. The number of furan rings is 1. The molecule has 24 heavy (non-hydrogen) atoms. The van der Waals surface area contributed by atoms with Gasteiger partial charge in [-0.1, -0.05) is 27.7 Å². The van der Waals surface area contributed by atoms with Crippen molar-refractivity contribution in [3.8, 4) is 0 Å². The number of carbonyl (C=O) groups is 1. The van der Waals surface area contributed by atoms with Gasteiger partial charge in [-0.3, -0.25) is 19.1 Å². The first-order chi connectivity index (χ1) is 11.2. The van der Waals surface area contributed by atoms with E-state index in [2.05, 4.69) is 10.3 Å². The zero-order valence-corrected chi connectivity index (χ0v) is 14.4. The molecule has 1 amide bonds. The molecule has 0 fully saturated rings. The molecule has 2 heterocycles. The molecule has 1 atom stereocenters. The number of hydrogen-bond acceptors (Lipinski definition) is 4. The number of aromatic nitrogens is 2. The van der Waals surface area contributed by atoms with Crippen LogP contribution in [0.3, 0.4) is 0 Å². The average molecular weight is 333 g/mol. The fourth-order valence-corrected chi connectivity index (χ4v) is 2.38. The maximum absolute atomic E-state index is 12.4. The van der Waals surface area contributed by atoms with Gasteiger partial charge in [-0.05, 0) is 17.5 Å². The van der Waals surface area contributed by atoms with Crippen LogP contribution in [0, 0.1) is 5.41 Å². The van der Waals surface area contributed by atoms with Crippen LogP contribution in [-0.4, -0.2) is 15.5 Å². The molecule has 0 aliphatic rings. The number of aromatic amines is 1. The third-order valence-corrected chi connectivity index (χ3v) is 3.70. The lowest BCUT2D eigenvalue weighted by Crippen LogP contribution is -2.40. The van der Waals surface area contributed by atoms with Crippen molar-refractivity contribution in [3.05, 3.63) is 56.8 Å². The average Bonchev–Trinajstić information content (AvgIpc) is 2.95. The second-order valence-corrected chi connectivity index (χ2v) is 6.76. The molecule has 2 aromatic rings. The molecule has 7 heteroatoms. The van der Waals surface area contributed by atoms with Gasteiger partial charge >= 0.3 is 5.69 Å². The molecule has 2 aromatic heterocycles. The number of rotatable bonds is 5. The van der Waals surface area contributed by atoms with Crippen LogP contribution < -0.4 is 16.6 Å². The van der Waals surface area contributed by atoms with Crippen LogP contribution in [0.15, 0.2) is 38.4 Å². The molecule has 0 aromatic carbocycles. The summed E-state index contributed by atoms with van der Waals surface area (Å²) in [7, 11) is 0. The summed E-state index contributed by atoms with van der Waals surface area (Å²) in [6.07, 6.45) is 2.08. The minimum absolute atomic E-state index is 0.177. The van der Waals surface area contributed by atoms with Crippen molar-refractivity contribution in [2.45, 2.75) is 46.7 Å². The minimum atomic E-state index is -0.615. The zero-order valence-electron chi connectivity index (χ0n) is 14.4. The van der Waals surface area contributed by atoms with Gasteiger partial charge in [0.15, 0.2) is 0 Å². The third kappa shape index (κ3) is 4.24. The highest BCUT2D eigenvalue weighted by molar-refractivity contribution is 5.76. The van der Waals surface area contributed by atoms with Gasteiger partial charge in [0, 0.05) is 18.7 Å². The van der Waals surface area contributed by atoms with Crippen molar-refractivity contribution in [3.63, 3.8) is 0 Å². The SMILES string of the molecule is CCc1ccc([C@H](NC(=O)Cn2ccc(=O)[nH]c2=O)C(C)(C)C)o1. The molecule has 0 spiro atoms. The molecule has 0 saturated carbocycles. The number of carbonyl (C=O) groups excluding carboxylic acids is 1. The first-order valence-electron chi connectivity index (χ1n) is 7.88. The molecule has 0 saturated heterocycles. The largest absolute Gasteiger partial charge is 0.464 e. The molecular weight excluding hydrogens is 310 g/mol. The summed E-state index contributed by atoms with van der Waals surface area (Å²) in [5, 5.41) is 2.92. The second-order valence-electron chi connectivity index (χ2n) is 6.76. The normalized spacial score (nSPS) is 12.8. The van der Waals surface area contributed by atoms with Crippen LogP contribution in [0.5, 0.6) is 0 Å². The first kappa shape index (κ1) is 17.8. The third-order valence-electron chi connectivity index (χ3n) is 3.70. The van der Waals surface area contributed by atoms with E-state index in [-0.39, 0.29) is 23.9 Å². The summed E-state index contributed by atoms with van der Waals surface area (Å²) in [4.78, 5) is 37.2. The quantitative estimate of drug-likeness (QED) is 0.868. The molecule has 0 aliphatic carbocycles. The molecular formula is C17H23N3O4. The van der Waals surface area contributed by atoms with Crippen molar-refractivity contribution < 1.29 is 9.21 Å². The van der Waals surface area contributed by atoms with Crippen LogP contribution in [0.1, 0.15) is 45.3 Å². The van der Waals surface area contributed by atoms with Gasteiger partial charge in [0.05, 0.1) is 6.04 Å². The van der Waals surface area contributed by atoms with Gasteiger partial charge in [-0.25, -0.2) is 4.79 Å². The zero-order chi connectivity index (χ0) is 17.9. The predicted molar refractivity (Wildman–Crippen MR) is 89.7 cm³/mol. The van der Waals surface area contributed by atoms with Crippen LogP contribution in [0.2, 0.25) is 0 Å². The number of hydrogen-bond donors (Lipinski definition) is 2. The van der Waals surface area contributed by atoms with E-state index >= 15 is 0 Å². The summed E-state index contributed by atoms with van der Waals surface area (Å²) in [5.74, 6) is 1.20. The van der Waals surface area contributed by atoms with E-state index < -0.39 is 11.2 Å². The fraction of sp³-hybridized carbons (Fsp3) is 0.471. The number of amides is 1. The topological polar surface area (TPSA) is 97.1 Å². The second kappa shape index (κ2) is 6.90. The van der Waals surface area contributed by atoms with E-state index in [4.69, 9.17) is 4.42 Å². The Morgan fingerprint density at radius 3 is 2.54 bits per heavy atom. The molecule has 2 rings (SSSR count). The molecule has 0 bridgehead atoms. The number of nitrogens with zero attached hydrogens (tertiary/aromatic N) is 1. The van der Waals surface area contributed by atoms with Gasteiger partial charge in [-0.2, -0.15) is 0 Å². The van der Waals surface area contributed by atoms with Crippen molar-refractivity contribution >= 4 is 5.91 Å². The Bertz CT molecular complexity index is 823. The number of nitrogens with one attached hydrogen (secondary N) is 2. The Balaban J connectivity index is 2.18. The van der Waals surface area contributed by atoms with Crippen LogP contribution in [0.4, 0.5) is 0 Å². The lowest BCUT2D eigenvalue weighted by atomic mass is 9.85. The molecule has 2 N–H and O–H groups in total. The summed E-state index contributed by atoms with van der Waals surface area (Å²) in [6, 6.07) is 4.63. The molecule has 0 radical (unpaired) electrons. The summed E-state index contributed by atoms with van der Waals surface area (Å²) in [6.45, 7) is 7.81. The van der Waals surface area contributed by atoms with E-state index in [1.807, 2.05) is 39.8 Å². The Morgan fingerprint density at radius 2 is 2.00 bits per heavy atom. The van der Waals surface area contributed by atoms with Crippen molar-refractivity contribution in [1.29, 1.82) is 0 Å². The maximum atomic E-state index is 12.4. The van der Waals surface area contributed by atoms with E-state index in [1.54, 1.807) is 0 Å². The summed E-state index contributed by atoms with van der Waals surface area (Å²) in [5.41, 5.74) is -1.38. The van der Waals surface area contributed by atoms with Gasteiger partial charge in [-0.15, -0.1) is 0 Å². The van der Waals surface area contributed by atoms with Crippen molar-refractivity contribution in [2.75, 3.05) is 0 Å². The number of aryl methyl sites for hydroxylation is 1. The highest BCUT2D eigenvalue weighted by Crippen LogP contribution is 2.33. The predicted octanol–water partition coefficient (Wildman–Crippen LogP) is 1.60. The first-order valence-corrected chi connectivity index (χ1v) is 7.88.